The molecule has 0 saturated carbocycles. The van der Waals surface area contributed by atoms with E-state index in [9.17, 15) is 9.59 Å². The molecule has 0 radical (unpaired) electrons. The maximum atomic E-state index is 12.6. The molecule has 1 N–H and O–H groups in total. The molecular formula is C19H28N2O4. The lowest BCUT2D eigenvalue weighted by Crippen LogP contribution is -2.52. The third-order valence-electron chi connectivity index (χ3n) is 4.54. The van der Waals surface area contributed by atoms with Gasteiger partial charge in [0.05, 0.1) is 0 Å². The molecule has 6 heteroatoms. The standard InChI is InChI=1S/C19H28N2O4/c1-14-6-7-15(2)17(13-14)25-16(3)19(24)21-11-9-20(10-12-21)8-4-5-18(22)23/h6-7,13,16H,4-5,8-12H2,1-3H3,(H,22,23)/t16-/m1/s1. The van der Waals surface area contributed by atoms with Crippen LogP contribution in [0.3, 0.4) is 0 Å². The molecule has 1 heterocycles. The van der Waals surface area contributed by atoms with Crippen LogP contribution in [0.15, 0.2) is 18.2 Å². The number of ether oxygens (including phenoxy) is 1. The lowest BCUT2D eigenvalue weighted by molar-refractivity contribution is -0.139. The Hall–Kier alpha value is -2.08. The summed E-state index contributed by atoms with van der Waals surface area (Å²) in [5, 5.41) is 8.69. The first-order valence-corrected chi connectivity index (χ1v) is 8.83. The van der Waals surface area contributed by atoms with Gasteiger partial charge >= 0.3 is 5.97 Å². The number of benzene rings is 1. The number of carbonyl (C=O) groups is 2. The summed E-state index contributed by atoms with van der Waals surface area (Å²) < 4.78 is 5.89. The number of aryl methyl sites for hydroxylation is 2. The Morgan fingerprint density at radius 2 is 1.88 bits per heavy atom. The fourth-order valence-corrected chi connectivity index (χ4v) is 2.98. The van der Waals surface area contributed by atoms with E-state index in [-0.39, 0.29) is 12.3 Å². The van der Waals surface area contributed by atoms with Gasteiger partial charge in [-0.2, -0.15) is 0 Å². The monoisotopic (exact) mass is 348 g/mol. The van der Waals surface area contributed by atoms with Crippen molar-refractivity contribution in [3.05, 3.63) is 29.3 Å². The van der Waals surface area contributed by atoms with Crippen LogP contribution in [0.25, 0.3) is 0 Å². The molecule has 25 heavy (non-hydrogen) atoms. The Balaban J connectivity index is 1.81. The number of rotatable bonds is 7. The number of carboxylic acid groups (broad SMARTS) is 1. The maximum absolute atomic E-state index is 12.6. The maximum Gasteiger partial charge on any atom is 0.303 e. The van der Waals surface area contributed by atoms with E-state index >= 15 is 0 Å². The van der Waals surface area contributed by atoms with Gasteiger partial charge in [-0.25, -0.2) is 0 Å². The molecule has 1 saturated heterocycles. The normalized spacial score (nSPS) is 16.5. The molecule has 1 amide bonds. The molecule has 1 aliphatic rings. The van der Waals surface area contributed by atoms with E-state index in [1.54, 1.807) is 6.92 Å². The molecule has 0 aromatic heterocycles. The van der Waals surface area contributed by atoms with Crippen molar-refractivity contribution in [2.45, 2.75) is 39.7 Å². The summed E-state index contributed by atoms with van der Waals surface area (Å²) in [6, 6.07) is 5.98. The summed E-state index contributed by atoms with van der Waals surface area (Å²) in [4.78, 5) is 27.2. The molecule has 0 bridgehead atoms. The van der Waals surface area contributed by atoms with E-state index < -0.39 is 12.1 Å². The van der Waals surface area contributed by atoms with E-state index in [0.29, 0.717) is 19.5 Å². The zero-order valence-electron chi connectivity index (χ0n) is 15.3. The predicted octanol–water partition coefficient (Wildman–Crippen LogP) is 2.08. The van der Waals surface area contributed by atoms with E-state index in [2.05, 4.69) is 4.90 Å². The van der Waals surface area contributed by atoms with Crippen LogP contribution in [0.4, 0.5) is 0 Å². The third kappa shape index (κ3) is 5.74. The van der Waals surface area contributed by atoms with Crippen molar-refractivity contribution in [1.29, 1.82) is 0 Å². The number of aliphatic carboxylic acids is 1. The fraction of sp³-hybridized carbons (Fsp3) is 0.579. The Bertz CT molecular complexity index is 609. The summed E-state index contributed by atoms with van der Waals surface area (Å²) in [5.74, 6) is 0.00507. The van der Waals surface area contributed by atoms with Crippen LogP contribution in [0.2, 0.25) is 0 Å². The number of hydrogen-bond acceptors (Lipinski definition) is 4. The van der Waals surface area contributed by atoms with Gasteiger partial charge in [-0.05, 0) is 50.9 Å². The second-order valence-electron chi connectivity index (χ2n) is 6.69. The zero-order chi connectivity index (χ0) is 18.4. The minimum atomic E-state index is -0.758. The zero-order valence-corrected chi connectivity index (χ0v) is 15.3. The first kappa shape index (κ1) is 19.2. The molecular weight excluding hydrogens is 320 g/mol. The summed E-state index contributed by atoms with van der Waals surface area (Å²) in [7, 11) is 0. The average Bonchev–Trinajstić information content (AvgIpc) is 2.58. The van der Waals surface area contributed by atoms with Gasteiger partial charge in [-0.15, -0.1) is 0 Å². The molecule has 0 aliphatic carbocycles. The Morgan fingerprint density at radius 1 is 1.20 bits per heavy atom. The van der Waals surface area contributed by atoms with Gasteiger partial charge in [0.25, 0.3) is 5.91 Å². The second kappa shape index (κ2) is 8.85. The number of hydrogen-bond donors (Lipinski definition) is 1. The van der Waals surface area contributed by atoms with Crippen LogP contribution in [-0.4, -0.2) is 65.6 Å². The smallest absolute Gasteiger partial charge is 0.303 e. The van der Waals surface area contributed by atoms with E-state index in [1.165, 1.54) is 0 Å². The quantitative estimate of drug-likeness (QED) is 0.817. The van der Waals surface area contributed by atoms with Gasteiger partial charge in [-0.3, -0.25) is 14.5 Å². The first-order valence-electron chi connectivity index (χ1n) is 8.83. The summed E-state index contributed by atoms with van der Waals surface area (Å²) in [6.45, 7) is 9.42. The van der Waals surface area contributed by atoms with E-state index in [0.717, 1.165) is 36.5 Å². The minimum absolute atomic E-state index is 0.00564. The van der Waals surface area contributed by atoms with Gasteiger partial charge in [0.15, 0.2) is 6.10 Å². The molecule has 1 atom stereocenters. The summed E-state index contributed by atoms with van der Waals surface area (Å²) in [6.07, 6.45) is 0.328. The Morgan fingerprint density at radius 3 is 2.52 bits per heavy atom. The number of carbonyl (C=O) groups excluding carboxylic acids is 1. The lowest BCUT2D eigenvalue weighted by Gasteiger charge is -2.35. The van der Waals surface area contributed by atoms with E-state index in [1.807, 2.05) is 36.9 Å². The highest BCUT2D eigenvalue weighted by Gasteiger charge is 2.26. The number of piperazine rings is 1. The van der Waals surface area contributed by atoms with E-state index in [4.69, 9.17) is 9.84 Å². The number of amides is 1. The molecule has 1 fully saturated rings. The topological polar surface area (TPSA) is 70.1 Å². The van der Waals surface area contributed by atoms with Crippen molar-refractivity contribution in [2.75, 3.05) is 32.7 Å². The molecule has 6 nitrogen and oxygen atoms in total. The predicted molar refractivity (Wildman–Crippen MR) is 95.9 cm³/mol. The highest BCUT2D eigenvalue weighted by Crippen LogP contribution is 2.21. The third-order valence-corrected chi connectivity index (χ3v) is 4.54. The Labute approximate surface area is 149 Å². The van der Waals surface area contributed by atoms with Crippen LogP contribution >= 0.6 is 0 Å². The van der Waals surface area contributed by atoms with Gasteiger partial charge in [0.2, 0.25) is 0 Å². The van der Waals surface area contributed by atoms with Crippen LogP contribution in [0.1, 0.15) is 30.9 Å². The SMILES string of the molecule is Cc1ccc(C)c(O[C@H](C)C(=O)N2CCN(CCCC(=O)O)CC2)c1. The van der Waals surface area contributed by atoms with Gasteiger partial charge < -0.3 is 14.7 Å². The molecule has 1 aromatic rings. The second-order valence-corrected chi connectivity index (χ2v) is 6.69. The van der Waals surface area contributed by atoms with Crippen LogP contribution in [-0.2, 0) is 9.59 Å². The van der Waals surface area contributed by atoms with Crippen molar-refractivity contribution >= 4 is 11.9 Å². The average molecular weight is 348 g/mol. The molecule has 2 rings (SSSR count). The van der Waals surface area contributed by atoms with Crippen molar-refractivity contribution in [1.82, 2.24) is 9.80 Å². The van der Waals surface area contributed by atoms with Crippen molar-refractivity contribution in [3.63, 3.8) is 0 Å². The minimum Gasteiger partial charge on any atom is -0.481 e. The molecule has 138 valence electrons. The first-order chi connectivity index (χ1) is 11.9. The van der Waals surface area contributed by atoms with Crippen LogP contribution < -0.4 is 4.74 Å². The summed E-state index contributed by atoms with van der Waals surface area (Å²) >= 11 is 0. The van der Waals surface area contributed by atoms with Crippen LogP contribution in [0, 0.1) is 13.8 Å². The molecule has 1 aliphatic heterocycles. The largest absolute Gasteiger partial charge is 0.481 e. The molecule has 1 aromatic carbocycles. The molecule has 0 unspecified atom stereocenters. The van der Waals surface area contributed by atoms with Crippen LogP contribution in [0.5, 0.6) is 5.75 Å². The lowest BCUT2D eigenvalue weighted by atomic mass is 10.1. The highest BCUT2D eigenvalue weighted by molar-refractivity contribution is 5.81. The Kier molecular flexibility index (Phi) is 6.82. The number of carboxylic acids is 1. The fourth-order valence-electron chi connectivity index (χ4n) is 2.98. The van der Waals surface area contributed by atoms with Gasteiger partial charge in [0, 0.05) is 32.6 Å². The van der Waals surface area contributed by atoms with Crippen molar-refractivity contribution < 1.29 is 19.4 Å². The van der Waals surface area contributed by atoms with Crippen molar-refractivity contribution in [2.24, 2.45) is 0 Å². The number of nitrogens with zero attached hydrogens (tertiary/aromatic N) is 2. The van der Waals surface area contributed by atoms with Gasteiger partial charge in [0.1, 0.15) is 5.75 Å². The highest BCUT2D eigenvalue weighted by atomic mass is 16.5. The molecule has 0 spiro atoms. The van der Waals surface area contributed by atoms with Crippen molar-refractivity contribution in [3.8, 4) is 5.75 Å². The summed E-state index contributed by atoms with van der Waals surface area (Å²) in [5.41, 5.74) is 2.13. The van der Waals surface area contributed by atoms with Gasteiger partial charge in [-0.1, -0.05) is 12.1 Å².